The summed E-state index contributed by atoms with van der Waals surface area (Å²) in [6, 6.07) is 0.664. The molecule has 2 unspecified atom stereocenters. The van der Waals surface area contributed by atoms with Crippen molar-refractivity contribution in [3.05, 3.63) is 0 Å². The SMILES string of the molecule is CCCC1CN=C(NC(CC)C2CCCCC2)S1. The molecule has 2 rings (SSSR count). The van der Waals surface area contributed by atoms with Gasteiger partial charge < -0.3 is 5.32 Å². The molecule has 0 bridgehead atoms. The van der Waals surface area contributed by atoms with Gasteiger partial charge in [-0.05, 0) is 31.6 Å². The topological polar surface area (TPSA) is 24.4 Å². The lowest BCUT2D eigenvalue weighted by Crippen LogP contribution is -2.39. The summed E-state index contributed by atoms with van der Waals surface area (Å²) >= 11 is 1.98. The lowest BCUT2D eigenvalue weighted by molar-refractivity contribution is 0.284. The van der Waals surface area contributed by atoms with E-state index in [1.165, 1.54) is 56.5 Å². The number of amidine groups is 1. The predicted molar refractivity (Wildman–Crippen MR) is 82.4 cm³/mol. The number of rotatable bonds is 5. The second kappa shape index (κ2) is 7.42. The minimum atomic E-state index is 0.664. The van der Waals surface area contributed by atoms with Crippen LogP contribution in [0.4, 0.5) is 0 Å². The minimum Gasteiger partial charge on any atom is -0.362 e. The Morgan fingerprint density at radius 1 is 1.28 bits per heavy atom. The molecule has 104 valence electrons. The molecule has 1 N–H and O–H groups in total. The molecule has 3 heteroatoms. The summed E-state index contributed by atoms with van der Waals surface area (Å²) in [5, 5.41) is 5.70. The fourth-order valence-corrected chi connectivity index (χ4v) is 4.40. The molecular weight excluding hydrogens is 240 g/mol. The number of nitrogens with one attached hydrogen (secondary N) is 1. The maximum Gasteiger partial charge on any atom is 0.157 e. The van der Waals surface area contributed by atoms with E-state index in [4.69, 9.17) is 0 Å². The first-order valence-electron chi connectivity index (χ1n) is 7.81. The standard InChI is InChI=1S/C15H28N2S/c1-3-8-13-11-16-15(18-13)17-14(4-2)12-9-6-5-7-10-12/h12-14H,3-11H2,1-2H3,(H,16,17). The molecule has 0 amide bonds. The molecule has 1 aliphatic heterocycles. The third-order valence-corrected chi connectivity index (χ3v) is 5.48. The smallest absolute Gasteiger partial charge is 0.157 e. The highest BCUT2D eigenvalue weighted by atomic mass is 32.2. The van der Waals surface area contributed by atoms with Crippen molar-refractivity contribution in [1.29, 1.82) is 0 Å². The highest BCUT2D eigenvalue weighted by molar-refractivity contribution is 8.14. The van der Waals surface area contributed by atoms with Crippen LogP contribution in [0.25, 0.3) is 0 Å². The molecule has 2 atom stereocenters. The van der Waals surface area contributed by atoms with Gasteiger partial charge in [-0.15, -0.1) is 0 Å². The molecule has 0 aromatic heterocycles. The summed E-state index contributed by atoms with van der Waals surface area (Å²) in [6.45, 7) is 5.61. The molecule has 0 saturated heterocycles. The van der Waals surface area contributed by atoms with Gasteiger partial charge in [0, 0.05) is 11.3 Å². The first-order chi connectivity index (χ1) is 8.83. The van der Waals surface area contributed by atoms with Crippen LogP contribution < -0.4 is 5.32 Å². The molecular formula is C15H28N2S. The molecule has 1 fully saturated rings. The number of aliphatic imine (C=N–C) groups is 1. The van der Waals surface area contributed by atoms with Crippen LogP contribution in [0.15, 0.2) is 4.99 Å². The monoisotopic (exact) mass is 268 g/mol. The summed E-state index contributed by atoms with van der Waals surface area (Å²) in [6.07, 6.45) is 11.0. The summed E-state index contributed by atoms with van der Waals surface area (Å²) in [4.78, 5) is 4.69. The molecule has 0 aromatic carbocycles. The van der Waals surface area contributed by atoms with E-state index in [-0.39, 0.29) is 0 Å². The van der Waals surface area contributed by atoms with Crippen LogP contribution >= 0.6 is 11.8 Å². The Kier molecular flexibility index (Phi) is 5.87. The van der Waals surface area contributed by atoms with Crippen molar-refractivity contribution < 1.29 is 0 Å². The van der Waals surface area contributed by atoms with E-state index < -0.39 is 0 Å². The predicted octanol–water partition coefficient (Wildman–Crippen LogP) is 4.21. The first-order valence-corrected chi connectivity index (χ1v) is 8.69. The van der Waals surface area contributed by atoms with Gasteiger partial charge in [-0.1, -0.05) is 51.3 Å². The number of thioether (sulfide) groups is 1. The lowest BCUT2D eigenvalue weighted by atomic mass is 9.83. The molecule has 1 heterocycles. The van der Waals surface area contributed by atoms with Crippen LogP contribution in [0.3, 0.4) is 0 Å². The summed E-state index contributed by atoms with van der Waals surface area (Å²) in [7, 11) is 0. The van der Waals surface area contributed by atoms with E-state index in [1.54, 1.807) is 0 Å². The summed E-state index contributed by atoms with van der Waals surface area (Å²) in [5.74, 6) is 0.886. The Balaban J connectivity index is 1.79. The van der Waals surface area contributed by atoms with Crippen LogP contribution in [0.5, 0.6) is 0 Å². The highest BCUT2D eigenvalue weighted by Crippen LogP contribution is 2.29. The summed E-state index contributed by atoms with van der Waals surface area (Å²) in [5.41, 5.74) is 0. The zero-order chi connectivity index (χ0) is 12.8. The van der Waals surface area contributed by atoms with Gasteiger partial charge in [-0.25, -0.2) is 0 Å². The van der Waals surface area contributed by atoms with Crippen molar-refractivity contribution in [3.63, 3.8) is 0 Å². The van der Waals surface area contributed by atoms with Gasteiger partial charge in [0.1, 0.15) is 0 Å². The Bertz CT molecular complexity index is 272. The van der Waals surface area contributed by atoms with E-state index in [1.807, 2.05) is 11.8 Å². The third-order valence-electron chi connectivity index (χ3n) is 4.30. The van der Waals surface area contributed by atoms with E-state index in [9.17, 15) is 0 Å². The molecule has 2 nitrogen and oxygen atoms in total. The fourth-order valence-electron chi connectivity index (χ4n) is 3.22. The van der Waals surface area contributed by atoms with Crippen LogP contribution in [0.2, 0.25) is 0 Å². The van der Waals surface area contributed by atoms with Gasteiger partial charge >= 0.3 is 0 Å². The largest absolute Gasteiger partial charge is 0.362 e. The zero-order valence-corrected chi connectivity index (χ0v) is 12.8. The van der Waals surface area contributed by atoms with Crippen molar-refractivity contribution >= 4 is 16.9 Å². The average molecular weight is 268 g/mol. The third kappa shape index (κ3) is 3.91. The average Bonchev–Trinajstić information content (AvgIpc) is 2.85. The Labute approximate surface area is 116 Å². The minimum absolute atomic E-state index is 0.664. The fraction of sp³-hybridized carbons (Fsp3) is 0.933. The van der Waals surface area contributed by atoms with E-state index >= 15 is 0 Å². The second-order valence-electron chi connectivity index (χ2n) is 5.73. The van der Waals surface area contributed by atoms with E-state index in [0.29, 0.717) is 6.04 Å². The van der Waals surface area contributed by atoms with Crippen LogP contribution in [0, 0.1) is 5.92 Å². The maximum absolute atomic E-state index is 4.69. The van der Waals surface area contributed by atoms with Gasteiger partial charge in [0.2, 0.25) is 0 Å². The van der Waals surface area contributed by atoms with Crippen molar-refractivity contribution in [2.75, 3.05) is 6.54 Å². The molecule has 1 saturated carbocycles. The summed E-state index contributed by atoms with van der Waals surface area (Å²) < 4.78 is 0. The highest BCUT2D eigenvalue weighted by Gasteiger charge is 2.26. The second-order valence-corrected chi connectivity index (χ2v) is 7.02. The maximum atomic E-state index is 4.69. The van der Waals surface area contributed by atoms with Crippen LogP contribution in [-0.4, -0.2) is 23.0 Å². The lowest BCUT2D eigenvalue weighted by Gasteiger charge is -2.30. The van der Waals surface area contributed by atoms with Gasteiger partial charge in [0.25, 0.3) is 0 Å². The Morgan fingerprint density at radius 3 is 2.72 bits per heavy atom. The Morgan fingerprint density at radius 2 is 2.06 bits per heavy atom. The van der Waals surface area contributed by atoms with Crippen molar-refractivity contribution in [2.24, 2.45) is 10.9 Å². The first kappa shape index (κ1) is 14.2. The van der Waals surface area contributed by atoms with Gasteiger partial charge in [-0.2, -0.15) is 0 Å². The molecule has 18 heavy (non-hydrogen) atoms. The van der Waals surface area contributed by atoms with Crippen molar-refractivity contribution in [2.45, 2.75) is 76.5 Å². The van der Waals surface area contributed by atoms with Crippen LogP contribution in [-0.2, 0) is 0 Å². The number of hydrogen-bond acceptors (Lipinski definition) is 3. The molecule has 0 radical (unpaired) electrons. The molecule has 1 aliphatic carbocycles. The van der Waals surface area contributed by atoms with Crippen molar-refractivity contribution in [3.8, 4) is 0 Å². The van der Waals surface area contributed by atoms with E-state index in [2.05, 4.69) is 24.2 Å². The molecule has 0 spiro atoms. The van der Waals surface area contributed by atoms with Gasteiger partial charge in [0.15, 0.2) is 5.17 Å². The van der Waals surface area contributed by atoms with E-state index in [0.717, 1.165) is 17.7 Å². The normalized spacial score (nSPS) is 27.0. The zero-order valence-electron chi connectivity index (χ0n) is 12.0. The van der Waals surface area contributed by atoms with Crippen LogP contribution in [0.1, 0.15) is 65.2 Å². The van der Waals surface area contributed by atoms with Gasteiger partial charge in [-0.3, -0.25) is 4.99 Å². The van der Waals surface area contributed by atoms with Gasteiger partial charge in [0.05, 0.1) is 6.54 Å². The number of nitrogens with zero attached hydrogens (tertiary/aromatic N) is 1. The Hall–Kier alpha value is -0.180. The molecule has 0 aromatic rings. The quantitative estimate of drug-likeness (QED) is 0.808. The molecule has 2 aliphatic rings. The number of hydrogen-bond donors (Lipinski definition) is 1. The van der Waals surface area contributed by atoms with Crippen molar-refractivity contribution in [1.82, 2.24) is 5.32 Å².